The lowest BCUT2D eigenvalue weighted by Gasteiger charge is -2.39. The van der Waals surface area contributed by atoms with Gasteiger partial charge in [0.2, 0.25) is 0 Å². The summed E-state index contributed by atoms with van der Waals surface area (Å²) < 4.78 is 0. The zero-order valence-corrected chi connectivity index (χ0v) is 12.0. The summed E-state index contributed by atoms with van der Waals surface area (Å²) >= 11 is 0. The molecule has 2 N–H and O–H groups in total. The van der Waals surface area contributed by atoms with Gasteiger partial charge in [0.1, 0.15) is 0 Å². The van der Waals surface area contributed by atoms with Gasteiger partial charge in [0.05, 0.1) is 6.17 Å². The summed E-state index contributed by atoms with van der Waals surface area (Å²) in [6, 6.07) is 13.1. The van der Waals surface area contributed by atoms with Crippen LogP contribution >= 0.6 is 0 Å². The van der Waals surface area contributed by atoms with Crippen LogP contribution in [0.1, 0.15) is 32.6 Å². The van der Waals surface area contributed by atoms with E-state index in [4.69, 9.17) is 0 Å². The first kappa shape index (κ1) is 12.1. The topological polar surface area (TPSA) is 24.1 Å². The van der Waals surface area contributed by atoms with Crippen LogP contribution in [0.4, 0.5) is 11.4 Å². The lowest BCUT2D eigenvalue weighted by Crippen LogP contribution is -2.42. The zero-order valence-electron chi connectivity index (χ0n) is 12.0. The Kier molecular flexibility index (Phi) is 2.83. The highest BCUT2D eigenvalue weighted by atomic mass is 15.2. The van der Waals surface area contributed by atoms with Gasteiger partial charge < -0.3 is 10.6 Å². The fourth-order valence-corrected chi connectivity index (χ4v) is 4.01. The van der Waals surface area contributed by atoms with Gasteiger partial charge in [0.15, 0.2) is 0 Å². The van der Waals surface area contributed by atoms with Gasteiger partial charge in [-0.1, -0.05) is 50.5 Å². The number of rotatable bonds is 1. The SMILES string of the molecule is CC1CCCCC1C1Nc2cccc3cccc(c23)N1. The van der Waals surface area contributed by atoms with Gasteiger partial charge in [-0.15, -0.1) is 0 Å². The third-order valence-electron chi connectivity index (χ3n) is 5.13. The third kappa shape index (κ3) is 1.86. The lowest BCUT2D eigenvalue weighted by atomic mass is 9.78. The van der Waals surface area contributed by atoms with E-state index >= 15 is 0 Å². The Morgan fingerprint density at radius 2 is 1.55 bits per heavy atom. The average Bonchev–Trinajstić information content (AvgIpc) is 2.48. The van der Waals surface area contributed by atoms with Crippen LogP contribution in [0.2, 0.25) is 0 Å². The number of benzene rings is 2. The van der Waals surface area contributed by atoms with Gasteiger partial charge in [0, 0.05) is 22.7 Å². The first-order valence-electron chi connectivity index (χ1n) is 7.88. The van der Waals surface area contributed by atoms with E-state index in [1.165, 1.54) is 47.8 Å². The molecular formula is C18H22N2. The highest BCUT2D eigenvalue weighted by Gasteiger charge is 2.31. The minimum absolute atomic E-state index is 0.380. The quantitative estimate of drug-likeness (QED) is 0.772. The summed E-state index contributed by atoms with van der Waals surface area (Å²) in [5.74, 6) is 1.53. The summed E-state index contributed by atoms with van der Waals surface area (Å²) in [5.41, 5.74) is 2.58. The van der Waals surface area contributed by atoms with Crippen LogP contribution in [0.15, 0.2) is 36.4 Å². The molecule has 0 aromatic heterocycles. The van der Waals surface area contributed by atoms with Crippen molar-refractivity contribution in [1.82, 2.24) is 0 Å². The van der Waals surface area contributed by atoms with E-state index < -0.39 is 0 Å². The Morgan fingerprint density at radius 3 is 2.20 bits per heavy atom. The van der Waals surface area contributed by atoms with Gasteiger partial charge in [-0.25, -0.2) is 0 Å². The molecule has 1 aliphatic carbocycles. The Morgan fingerprint density at radius 1 is 0.900 bits per heavy atom. The van der Waals surface area contributed by atoms with Crippen LogP contribution in [-0.4, -0.2) is 6.17 Å². The monoisotopic (exact) mass is 266 g/mol. The van der Waals surface area contributed by atoms with E-state index in [-0.39, 0.29) is 0 Å². The Balaban J connectivity index is 1.72. The molecule has 1 fully saturated rings. The lowest BCUT2D eigenvalue weighted by molar-refractivity contribution is 0.237. The molecule has 0 amide bonds. The number of nitrogens with one attached hydrogen (secondary N) is 2. The molecule has 2 aromatic rings. The third-order valence-corrected chi connectivity index (χ3v) is 5.13. The van der Waals surface area contributed by atoms with Gasteiger partial charge in [-0.05, 0) is 29.9 Å². The smallest absolute Gasteiger partial charge is 0.0995 e. The molecular weight excluding hydrogens is 244 g/mol. The van der Waals surface area contributed by atoms with Crippen LogP contribution in [0, 0.1) is 11.8 Å². The Bertz CT molecular complexity index is 594. The molecule has 0 saturated heterocycles. The molecule has 0 spiro atoms. The zero-order chi connectivity index (χ0) is 13.5. The summed E-state index contributed by atoms with van der Waals surface area (Å²) in [7, 11) is 0. The number of hydrogen-bond donors (Lipinski definition) is 2. The van der Waals surface area contributed by atoms with Crippen molar-refractivity contribution in [3.05, 3.63) is 36.4 Å². The summed E-state index contributed by atoms with van der Waals surface area (Å²) in [4.78, 5) is 0. The second kappa shape index (κ2) is 4.69. The highest BCUT2D eigenvalue weighted by Crippen LogP contribution is 2.40. The molecule has 2 aromatic carbocycles. The van der Waals surface area contributed by atoms with Gasteiger partial charge in [-0.3, -0.25) is 0 Å². The van der Waals surface area contributed by atoms with Crippen molar-refractivity contribution in [1.29, 1.82) is 0 Å². The molecule has 2 heteroatoms. The summed E-state index contributed by atoms with van der Waals surface area (Å²) in [6.45, 7) is 2.41. The standard InChI is InChI=1S/C18H22N2/c1-12-6-2-3-9-14(12)18-19-15-10-4-7-13-8-5-11-16(20-18)17(13)15/h4-5,7-8,10-12,14,18-20H,2-3,6,9H2,1H3. The van der Waals surface area contributed by atoms with Gasteiger partial charge >= 0.3 is 0 Å². The molecule has 20 heavy (non-hydrogen) atoms. The second-order valence-electron chi connectivity index (χ2n) is 6.40. The molecule has 2 aliphatic rings. The maximum atomic E-state index is 3.75. The maximum Gasteiger partial charge on any atom is 0.0995 e. The minimum Gasteiger partial charge on any atom is -0.365 e. The van der Waals surface area contributed by atoms with E-state index in [9.17, 15) is 0 Å². The van der Waals surface area contributed by atoms with Crippen molar-refractivity contribution < 1.29 is 0 Å². The van der Waals surface area contributed by atoms with Crippen LogP contribution in [0.25, 0.3) is 10.8 Å². The van der Waals surface area contributed by atoms with E-state index in [0.29, 0.717) is 6.17 Å². The van der Waals surface area contributed by atoms with Crippen LogP contribution in [0.3, 0.4) is 0 Å². The average molecular weight is 266 g/mol. The molecule has 2 atom stereocenters. The van der Waals surface area contributed by atoms with E-state index in [1.807, 2.05) is 0 Å². The van der Waals surface area contributed by atoms with E-state index in [1.54, 1.807) is 0 Å². The molecule has 0 radical (unpaired) electrons. The molecule has 1 saturated carbocycles. The molecule has 1 aliphatic heterocycles. The first-order valence-corrected chi connectivity index (χ1v) is 7.88. The molecule has 2 unspecified atom stereocenters. The van der Waals surface area contributed by atoms with Gasteiger partial charge in [-0.2, -0.15) is 0 Å². The maximum absolute atomic E-state index is 3.75. The van der Waals surface area contributed by atoms with Gasteiger partial charge in [0.25, 0.3) is 0 Å². The van der Waals surface area contributed by atoms with E-state index in [0.717, 1.165) is 11.8 Å². The molecule has 4 rings (SSSR count). The molecule has 2 nitrogen and oxygen atoms in total. The highest BCUT2D eigenvalue weighted by molar-refractivity contribution is 6.04. The first-order chi connectivity index (χ1) is 9.83. The Labute approximate surface area is 120 Å². The minimum atomic E-state index is 0.380. The van der Waals surface area contributed by atoms with Crippen molar-refractivity contribution in [3.63, 3.8) is 0 Å². The Hall–Kier alpha value is -1.70. The van der Waals surface area contributed by atoms with Crippen molar-refractivity contribution in [2.75, 3.05) is 10.6 Å². The van der Waals surface area contributed by atoms with Crippen LogP contribution in [-0.2, 0) is 0 Å². The second-order valence-corrected chi connectivity index (χ2v) is 6.40. The number of anilines is 2. The van der Waals surface area contributed by atoms with Crippen LogP contribution in [0.5, 0.6) is 0 Å². The van der Waals surface area contributed by atoms with Crippen molar-refractivity contribution in [2.45, 2.75) is 38.8 Å². The van der Waals surface area contributed by atoms with Crippen molar-refractivity contribution >= 4 is 22.1 Å². The summed E-state index contributed by atoms with van der Waals surface area (Å²) in [6.07, 6.45) is 5.86. The van der Waals surface area contributed by atoms with Crippen molar-refractivity contribution in [3.8, 4) is 0 Å². The van der Waals surface area contributed by atoms with Crippen LogP contribution < -0.4 is 10.6 Å². The predicted molar refractivity (Wildman–Crippen MR) is 86.1 cm³/mol. The summed E-state index contributed by atoms with van der Waals surface area (Å²) in [5, 5.41) is 10.2. The normalized spacial score (nSPS) is 26.1. The largest absolute Gasteiger partial charge is 0.365 e. The van der Waals surface area contributed by atoms with E-state index in [2.05, 4.69) is 54.0 Å². The molecule has 0 bridgehead atoms. The molecule has 104 valence electrons. The fraction of sp³-hybridized carbons (Fsp3) is 0.444. The predicted octanol–water partition coefficient (Wildman–Crippen LogP) is 4.83. The van der Waals surface area contributed by atoms with Crippen molar-refractivity contribution in [2.24, 2.45) is 11.8 Å². The number of hydrogen-bond acceptors (Lipinski definition) is 2. The fourth-order valence-electron chi connectivity index (χ4n) is 4.01. The molecule has 1 heterocycles.